The number of benzene rings is 2. The molecule has 3 rings (SSSR count). The summed E-state index contributed by atoms with van der Waals surface area (Å²) < 4.78 is 15.8. The first kappa shape index (κ1) is 20.3. The minimum atomic E-state index is -0.547. The zero-order chi connectivity index (χ0) is 21.0. The Morgan fingerprint density at radius 3 is 2.55 bits per heavy atom. The summed E-state index contributed by atoms with van der Waals surface area (Å²) in [6, 6.07) is 13.2. The van der Waals surface area contributed by atoms with E-state index in [1.807, 2.05) is 63.2 Å². The van der Waals surface area contributed by atoms with Gasteiger partial charge < -0.3 is 14.2 Å². The number of ether oxygens (including phenoxy) is 3. The Bertz CT molecular complexity index is 1070. The molecule has 0 saturated carbocycles. The highest BCUT2D eigenvalue weighted by molar-refractivity contribution is 5.98. The Kier molecular flexibility index (Phi) is 6.12. The van der Waals surface area contributed by atoms with Crippen molar-refractivity contribution in [1.82, 2.24) is 4.98 Å². The lowest BCUT2D eigenvalue weighted by Crippen LogP contribution is -2.18. The summed E-state index contributed by atoms with van der Waals surface area (Å²) in [6.45, 7) is 5.30. The van der Waals surface area contributed by atoms with Gasteiger partial charge in [0.05, 0.1) is 23.9 Å². The number of para-hydroxylation sites is 1. The van der Waals surface area contributed by atoms with Gasteiger partial charge in [-0.2, -0.15) is 0 Å². The molecular formula is C23H23NO5. The van der Waals surface area contributed by atoms with Crippen LogP contribution in [0.5, 0.6) is 5.75 Å². The number of rotatable bonds is 6. The number of esters is 2. The van der Waals surface area contributed by atoms with E-state index in [9.17, 15) is 9.59 Å². The van der Waals surface area contributed by atoms with Gasteiger partial charge in [-0.05, 0) is 49.6 Å². The summed E-state index contributed by atoms with van der Waals surface area (Å²) in [4.78, 5) is 29.0. The molecule has 1 aromatic heterocycles. The highest BCUT2D eigenvalue weighted by atomic mass is 16.6. The van der Waals surface area contributed by atoms with Crippen LogP contribution in [0.2, 0.25) is 0 Å². The number of nitrogens with zero attached hydrogens (tertiary/aromatic N) is 1. The first-order valence-corrected chi connectivity index (χ1v) is 9.23. The van der Waals surface area contributed by atoms with Crippen LogP contribution in [0.15, 0.2) is 42.5 Å². The lowest BCUT2D eigenvalue weighted by molar-refractivity contribution is -0.147. The lowest BCUT2D eigenvalue weighted by Gasteiger charge is -2.14. The number of aryl methyl sites for hydroxylation is 3. The zero-order valence-electron chi connectivity index (χ0n) is 16.9. The molecule has 0 saturated heterocycles. The van der Waals surface area contributed by atoms with Crippen LogP contribution >= 0.6 is 0 Å². The molecular weight excluding hydrogens is 370 g/mol. The van der Waals surface area contributed by atoms with E-state index in [0.29, 0.717) is 17.0 Å². The number of hydrogen-bond acceptors (Lipinski definition) is 6. The molecule has 0 aliphatic heterocycles. The largest absolute Gasteiger partial charge is 0.482 e. The second-order valence-electron chi connectivity index (χ2n) is 6.79. The van der Waals surface area contributed by atoms with Gasteiger partial charge in [-0.3, -0.25) is 0 Å². The van der Waals surface area contributed by atoms with Crippen molar-refractivity contribution in [3.05, 3.63) is 70.4 Å². The monoisotopic (exact) mass is 393 g/mol. The number of methoxy groups -OCH3 is 1. The SMILES string of the molecule is COC(=O)c1c(COC(=O)COc2cc(C)ccc2C)nc2ccccc2c1C. The third-order valence-electron chi connectivity index (χ3n) is 4.68. The van der Waals surface area contributed by atoms with E-state index >= 15 is 0 Å². The highest BCUT2D eigenvalue weighted by Crippen LogP contribution is 2.24. The van der Waals surface area contributed by atoms with E-state index < -0.39 is 11.9 Å². The molecule has 0 spiro atoms. The van der Waals surface area contributed by atoms with E-state index in [4.69, 9.17) is 14.2 Å². The predicted octanol–water partition coefficient (Wildman–Crippen LogP) is 4.07. The minimum Gasteiger partial charge on any atom is -0.482 e. The number of carbonyl (C=O) groups excluding carboxylic acids is 2. The van der Waals surface area contributed by atoms with Crippen LogP contribution in [0, 0.1) is 20.8 Å². The van der Waals surface area contributed by atoms with Crippen molar-refractivity contribution in [1.29, 1.82) is 0 Å². The number of carbonyl (C=O) groups is 2. The molecule has 29 heavy (non-hydrogen) atoms. The molecule has 0 aliphatic carbocycles. The molecule has 6 heteroatoms. The normalized spacial score (nSPS) is 10.6. The van der Waals surface area contributed by atoms with Crippen molar-refractivity contribution in [3.63, 3.8) is 0 Å². The van der Waals surface area contributed by atoms with Crippen molar-refractivity contribution >= 4 is 22.8 Å². The topological polar surface area (TPSA) is 74.7 Å². The van der Waals surface area contributed by atoms with E-state index in [-0.39, 0.29) is 13.2 Å². The first-order chi connectivity index (χ1) is 13.9. The smallest absolute Gasteiger partial charge is 0.344 e. The van der Waals surface area contributed by atoms with Gasteiger partial charge in [0.2, 0.25) is 0 Å². The highest BCUT2D eigenvalue weighted by Gasteiger charge is 2.20. The van der Waals surface area contributed by atoms with Crippen LogP contribution in [0.25, 0.3) is 10.9 Å². The van der Waals surface area contributed by atoms with E-state index in [2.05, 4.69) is 4.98 Å². The molecule has 3 aromatic rings. The van der Waals surface area contributed by atoms with Crippen LogP contribution < -0.4 is 4.74 Å². The van der Waals surface area contributed by atoms with Gasteiger partial charge in [0, 0.05) is 5.39 Å². The van der Waals surface area contributed by atoms with Gasteiger partial charge in [0.1, 0.15) is 12.4 Å². The predicted molar refractivity (Wildman–Crippen MR) is 109 cm³/mol. The van der Waals surface area contributed by atoms with Crippen LogP contribution in [0.4, 0.5) is 0 Å². The zero-order valence-corrected chi connectivity index (χ0v) is 16.9. The van der Waals surface area contributed by atoms with Crippen LogP contribution in [-0.2, 0) is 20.9 Å². The molecule has 0 amide bonds. The second kappa shape index (κ2) is 8.73. The van der Waals surface area contributed by atoms with Crippen molar-refractivity contribution in [3.8, 4) is 5.75 Å². The average molecular weight is 393 g/mol. The number of aromatic nitrogens is 1. The fraction of sp³-hybridized carbons (Fsp3) is 0.261. The molecule has 1 heterocycles. The Labute approximate surface area is 169 Å². The van der Waals surface area contributed by atoms with Gasteiger partial charge in [-0.1, -0.05) is 30.3 Å². The second-order valence-corrected chi connectivity index (χ2v) is 6.79. The maximum Gasteiger partial charge on any atom is 0.344 e. The Morgan fingerprint density at radius 2 is 1.79 bits per heavy atom. The molecule has 0 unspecified atom stereocenters. The van der Waals surface area contributed by atoms with Gasteiger partial charge >= 0.3 is 11.9 Å². The van der Waals surface area contributed by atoms with Crippen LogP contribution in [-0.4, -0.2) is 30.6 Å². The Balaban J connectivity index is 1.76. The third-order valence-corrected chi connectivity index (χ3v) is 4.68. The van der Waals surface area contributed by atoms with Gasteiger partial charge in [0.15, 0.2) is 6.61 Å². The molecule has 0 aliphatic rings. The molecule has 2 aromatic carbocycles. The summed E-state index contributed by atoms with van der Waals surface area (Å²) in [7, 11) is 1.31. The maximum absolute atomic E-state index is 12.3. The lowest BCUT2D eigenvalue weighted by atomic mass is 10.0. The van der Waals surface area contributed by atoms with E-state index in [1.165, 1.54) is 7.11 Å². The van der Waals surface area contributed by atoms with Gasteiger partial charge in [0.25, 0.3) is 0 Å². The maximum atomic E-state index is 12.3. The minimum absolute atomic E-state index is 0.148. The standard InChI is InChI=1S/C23H23NO5/c1-14-9-10-15(2)20(11-14)28-13-21(25)29-12-19-22(23(26)27-4)16(3)17-7-5-6-8-18(17)24-19/h5-11H,12-13H2,1-4H3. The van der Waals surface area contributed by atoms with E-state index in [1.54, 1.807) is 0 Å². The fourth-order valence-electron chi connectivity index (χ4n) is 3.11. The van der Waals surface area contributed by atoms with Crippen LogP contribution in [0.1, 0.15) is 32.7 Å². The third kappa shape index (κ3) is 4.54. The molecule has 0 radical (unpaired) electrons. The molecule has 0 bridgehead atoms. The summed E-state index contributed by atoms with van der Waals surface area (Å²) in [6.07, 6.45) is 0. The molecule has 0 atom stereocenters. The van der Waals surface area contributed by atoms with Crippen molar-refractivity contribution in [2.24, 2.45) is 0 Å². The average Bonchev–Trinajstić information content (AvgIpc) is 2.72. The van der Waals surface area contributed by atoms with Crippen LogP contribution in [0.3, 0.4) is 0 Å². The van der Waals surface area contributed by atoms with Gasteiger partial charge in [-0.15, -0.1) is 0 Å². The van der Waals surface area contributed by atoms with Crippen molar-refractivity contribution in [2.45, 2.75) is 27.4 Å². The number of hydrogen-bond donors (Lipinski definition) is 0. The first-order valence-electron chi connectivity index (χ1n) is 9.23. The summed E-state index contributed by atoms with van der Waals surface area (Å²) in [5.41, 5.74) is 4.10. The Hall–Kier alpha value is -3.41. The van der Waals surface area contributed by atoms with Gasteiger partial charge in [-0.25, -0.2) is 14.6 Å². The molecule has 150 valence electrons. The quantitative estimate of drug-likeness (QED) is 0.588. The fourth-order valence-corrected chi connectivity index (χ4v) is 3.11. The number of fused-ring (bicyclic) bond motifs is 1. The molecule has 0 N–H and O–H groups in total. The summed E-state index contributed by atoms with van der Waals surface area (Å²) in [5, 5.41) is 0.848. The van der Waals surface area contributed by atoms with Crippen molar-refractivity contribution < 1.29 is 23.8 Å². The number of pyridine rings is 1. The van der Waals surface area contributed by atoms with E-state index in [0.717, 1.165) is 27.6 Å². The summed E-state index contributed by atoms with van der Waals surface area (Å²) in [5.74, 6) is -0.426. The molecule has 6 nitrogen and oxygen atoms in total. The van der Waals surface area contributed by atoms with Crippen molar-refractivity contribution in [2.75, 3.05) is 13.7 Å². The Morgan fingerprint density at radius 1 is 1.03 bits per heavy atom. The molecule has 0 fully saturated rings. The summed E-state index contributed by atoms with van der Waals surface area (Å²) >= 11 is 0.